The minimum Gasteiger partial charge on any atom is -0.486 e. The van der Waals surface area contributed by atoms with E-state index in [9.17, 15) is 9.59 Å². The van der Waals surface area contributed by atoms with E-state index in [0.29, 0.717) is 25.8 Å². The van der Waals surface area contributed by atoms with Gasteiger partial charge in [0.2, 0.25) is 0 Å². The van der Waals surface area contributed by atoms with Crippen molar-refractivity contribution in [1.82, 2.24) is 5.32 Å². The van der Waals surface area contributed by atoms with Crippen LogP contribution in [0.2, 0.25) is 25.1 Å². The zero-order valence-corrected chi connectivity index (χ0v) is 23.9. The molecule has 4 rings (SSSR count). The molecule has 0 saturated carbocycles. The highest BCUT2D eigenvalue weighted by Gasteiger charge is 2.35. The summed E-state index contributed by atoms with van der Waals surface area (Å²) in [5, 5.41) is 3.96. The molecule has 2 amide bonds. The van der Waals surface area contributed by atoms with E-state index in [1.165, 1.54) is 6.08 Å². The van der Waals surface area contributed by atoms with Gasteiger partial charge in [0, 0.05) is 15.6 Å². The number of rotatable bonds is 5. The van der Waals surface area contributed by atoms with E-state index >= 15 is 0 Å². The molecule has 1 fully saturated rings. The molecule has 184 valence electrons. The zero-order valence-electron chi connectivity index (χ0n) is 17.8. The molecule has 5 nitrogen and oxygen atoms in total. The summed E-state index contributed by atoms with van der Waals surface area (Å²) in [6.45, 7) is 0.141. The highest BCUT2D eigenvalue weighted by Crippen LogP contribution is 2.37. The van der Waals surface area contributed by atoms with Crippen LogP contribution in [0.25, 0.3) is 6.08 Å². The van der Waals surface area contributed by atoms with Gasteiger partial charge < -0.3 is 4.74 Å². The Balaban J connectivity index is 1.63. The lowest BCUT2D eigenvalue weighted by Gasteiger charge is -2.29. The zero-order chi connectivity index (χ0) is 26.1. The van der Waals surface area contributed by atoms with E-state index in [-0.39, 0.29) is 38.0 Å². The first-order valence-electron chi connectivity index (χ1n) is 9.98. The molecule has 1 aliphatic heterocycles. The molecule has 3 aromatic carbocycles. The second kappa shape index (κ2) is 11.3. The van der Waals surface area contributed by atoms with Gasteiger partial charge in [-0.3, -0.25) is 19.8 Å². The molecule has 3 aromatic rings. The summed E-state index contributed by atoms with van der Waals surface area (Å²) >= 11 is 39.6. The van der Waals surface area contributed by atoms with Gasteiger partial charge in [-0.15, -0.1) is 0 Å². The first kappa shape index (κ1) is 27.2. The van der Waals surface area contributed by atoms with Crippen molar-refractivity contribution in [1.29, 1.82) is 0 Å². The van der Waals surface area contributed by atoms with E-state index in [1.807, 2.05) is 0 Å². The number of hydrogen-bond donors (Lipinski definition) is 1. The highest BCUT2D eigenvalue weighted by molar-refractivity contribution is 9.10. The molecule has 0 bridgehead atoms. The fourth-order valence-corrected chi connectivity index (χ4v) is 5.40. The van der Waals surface area contributed by atoms with Gasteiger partial charge in [-0.1, -0.05) is 70.1 Å². The number of anilines is 1. The van der Waals surface area contributed by atoms with Crippen molar-refractivity contribution in [2.75, 3.05) is 4.90 Å². The van der Waals surface area contributed by atoms with E-state index in [2.05, 4.69) is 21.2 Å². The van der Waals surface area contributed by atoms with Crippen LogP contribution in [-0.2, 0) is 16.2 Å². The van der Waals surface area contributed by atoms with Crippen LogP contribution in [0.1, 0.15) is 11.1 Å². The molecule has 0 unspecified atom stereocenters. The fraction of sp³-hybridized carbons (Fsp3) is 0.0417. The van der Waals surface area contributed by atoms with Crippen molar-refractivity contribution in [2.45, 2.75) is 6.61 Å². The number of carbonyl (C=O) groups excluding carboxylic acids is 2. The Hall–Kier alpha value is -1.84. The average Bonchev–Trinajstić information content (AvgIpc) is 2.80. The molecule has 1 N–H and O–H groups in total. The summed E-state index contributed by atoms with van der Waals surface area (Å²) < 4.78 is 6.35. The second-order valence-corrected chi connectivity index (χ2v) is 10.6. The minimum atomic E-state index is -0.669. The van der Waals surface area contributed by atoms with Gasteiger partial charge in [-0.05, 0) is 76.2 Å². The van der Waals surface area contributed by atoms with Crippen molar-refractivity contribution >= 4 is 115 Å². The molecule has 1 heterocycles. The van der Waals surface area contributed by atoms with Crippen LogP contribution in [0.5, 0.6) is 5.75 Å². The highest BCUT2D eigenvalue weighted by atomic mass is 79.9. The third-order valence-electron chi connectivity index (χ3n) is 4.99. The van der Waals surface area contributed by atoms with Crippen molar-refractivity contribution < 1.29 is 14.3 Å². The lowest BCUT2D eigenvalue weighted by atomic mass is 10.1. The molecule has 12 heteroatoms. The Bertz CT molecular complexity index is 1440. The van der Waals surface area contributed by atoms with Crippen molar-refractivity contribution in [3.63, 3.8) is 0 Å². The van der Waals surface area contributed by atoms with Crippen LogP contribution in [0, 0.1) is 0 Å². The number of carbonyl (C=O) groups is 2. The van der Waals surface area contributed by atoms with Gasteiger partial charge in [0.15, 0.2) is 10.9 Å². The van der Waals surface area contributed by atoms with Gasteiger partial charge in [-0.25, -0.2) is 0 Å². The van der Waals surface area contributed by atoms with Crippen LogP contribution >= 0.6 is 86.2 Å². The van der Waals surface area contributed by atoms with Gasteiger partial charge in [-0.2, -0.15) is 0 Å². The summed E-state index contributed by atoms with van der Waals surface area (Å²) in [7, 11) is 0. The molecule has 0 aromatic heterocycles. The summed E-state index contributed by atoms with van der Waals surface area (Å²) in [5.41, 5.74) is 1.25. The second-order valence-electron chi connectivity index (χ2n) is 7.37. The lowest BCUT2D eigenvalue weighted by Crippen LogP contribution is -2.54. The molecule has 0 spiro atoms. The SMILES string of the molecule is O=C1NC(=S)N(c2cccc(Cl)c2Cl)C(=O)/C1=C/c1cc(Cl)c(OCc2ccc(Cl)cc2Cl)c(Br)c1. The Labute approximate surface area is 245 Å². The number of nitrogens with zero attached hydrogens (tertiary/aromatic N) is 1. The number of ether oxygens (including phenoxy) is 1. The smallest absolute Gasteiger partial charge is 0.270 e. The average molecular weight is 666 g/mol. The normalized spacial score (nSPS) is 14.9. The summed E-state index contributed by atoms with van der Waals surface area (Å²) in [4.78, 5) is 27.0. The molecule has 1 saturated heterocycles. The molecular formula is C24H12BrCl5N2O3S. The number of hydrogen-bond acceptors (Lipinski definition) is 4. The first-order chi connectivity index (χ1) is 17.1. The van der Waals surface area contributed by atoms with E-state index in [4.69, 9.17) is 75.0 Å². The molecule has 36 heavy (non-hydrogen) atoms. The fourth-order valence-electron chi connectivity index (χ4n) is 3.30. The lowest BCUT2D eigenvalue weighted by molar-refractivity contribution is -0.122. The minimum absolute atomic E-state index is 0.116. The van der Waals surface area contributed by atoms with Crippen LogP contribution < -0.4 is 15.0 Å². The number of benzene rings is 3. The standard InChI is InChI=1S/C24H12BrCl5N2O3S/c25-15-7-11(8-18(29)21(15)35-10-12-4-5-13(26)9-17(12)28)6-14-22(33)31-24(36)32(23(14)34)19-3-1-2-16(27)20(19)30/h1-9H,10H2,(H,31,33,36)/b14-6+. The van der Waals surface area contributed by atoms with Crippen LogP contribution in [0.3, 0.4) is 0 Å². The summed E-state index contributed by atoms with van der Waals surface area (Å²) in [6.07, 6.45) is 1.39. The maximum Gasteiger partial charge on any atom is 0.270 e. The third-order valence-corrected chi connectivity index (χ3v) is 7.54. The Kier molecular flexibility index (Phi) is 8.52. The number of amides is 2. The van der Waals surface area contributed by atoms with Crippen LogP contribution in [-0.4, -0.2) is 16.9 Å². The van der Waals surface area contributed by atoms with Gasteiger partial charge >= 0.3 is 0 Å². The Morgan fingerprint density at radius 1 is 0.972 bits per heavy atom. The molecular weight excluding hydrogens is 654 g/mol. The van der Waals surface area contributed by atoms with Gasteiger partial charge in [0.1, 0.15) is 12.2 Å². The summed E-state index contributed by atoms with van der Waals surface area (Å²) in [6, 6.07) is 13.0. The topological polar surface area (TPSA) is 58.6 Å². The van der Waals surface area contributed by atoms with E-state index in [1.54, 1.807) is 48.5 Å². The first-order valence-corrected chi connectivity index (χ1v) is 13.1. The number of nitrogens with one attached hydrogen (secondary N) is 1. The number of halogens is 6. The van der Waals surface area contributed by atoms with Crippen molar-refractivity contribution in [3.05, 3.63) is 94.8 Å². The van der Waals surface area contributed by atoms with Gasteiger partial charge in [0.25, 0.3) is 11.8 Å². The van der Waals surface area contributed by atoms with Crippen LogP contribution in [0.15, 0.2) is 58.6 Å². The molecule has 0 atom stereocenters. The predicted octanol–water partition coefficient (Wildman–Crippen LogP) is 8.13. The maximum absolute atomic E-state index is 13.3. The monoisotopic (exact) mass is 662 g/mol. The van der Waals surface area contributed by atoms with E-state index in [0.717, 1.165) is 10.5 Å². The molecule has 0 aliphatic carbocycles. The largest absolute Gasteiger partial charge is 0.486 e. The Morgan fingerprint density at radius 2 is 1.72 bits per heavy atom. The molecule has 1 aliphatic rings. The van der Waals surface area contributed by atoms with Gasteiger partial charge in [0.05, 0.1) is 25.2 Å². The quantitative estimate of drug-likeness (QED) is 0.170. The Morgan fingerprint density at radius 3 is 2.42 bits per heavy atom. The number of thiocarbonyl (C=S) groups is 1. The van der Waals surface area contributed by atoms with E-state index < -0.39 is 11.8 Å². The summed E-state index contributed by atoms with van der Waals surface area (Å²) in [5.74, 6) is -0.972. The van der Waals surface area contributed by atoms with Crippen molar-refractivity contribution in [2.24, 2.45) is 0 Å². The van der Waals surface area contributed by atoms with Crippen molar-refractivity contribution in [3.8, 4) is 5.75 Å². The van der Waals surface area contributed by atoms with Crippen LogP contribution in [0.4, 0.5) is 5.69 Å². The predicted molar refractivity (Wildman–Crippen MR) is 153 cm³/mol. The maximum atomic E-state index is 13.3. The molecule has 0 radical (unpaired) electrons. The third kappa shape index (κ3) is 5.68.